The number of halogens is 3. The highest BCUT2D eigenvalue weighted by atomic mass is 31.2. The first-order valence-corrected chi connectivity index (χ1v) is 17.7. The second-order valence-corrected chi connectivity index (χ2v) is 13.4. The lowest BCUT2D eigenvalue weighted by Gasteiger charge is -2.28. The molecule has 0 saturated heterocycles. The van der Waals surface area contributed by atoms with Crippen molar-refractivity contribution >= 4 is 43.4 Å². The van der Waals surface area contributed by atoms with Crippen molar-refractivity contribution < 1.29 is 41.7 Å². The van der Waals surface area contributed by atoms with Crippen LogP contribution in [0.2, 0.25) is 0 Å². The van der Waals surface area contributed by atoms with Gasteiger partial charge in [-0.2, -0.15) is 18.2 Å². The minimum Gasteiger partial charge on any atom is -0.492 e. The van der Waals surface area contributed by atoms with E-state index >= 15 is 0 Å². The smallest absolute Gasteiger partial charge is 0.421 e. The Morgan fingerprint density at radius 1 is 1.02 bits per heavy atom. The number of ether oxygens (including phenoxy) is 1. The fourth-order valence-corrected chi connectivity index (χ4v) is 7.65. The van der Waals surface area contributed by atoms with Crippen molar-refractivity contribution in [3.05, 3.63) is 64.3 Å². The average molecular weight is 704 g/mol. The van der Waals surface area contributed by atoms with E-state index in [4.69, 9.17) is 13.8 Å². The van der Waals surface area contributed by atoms with Crippen LogP contribution >= 0.6 is 8.38 Å². The lowest BCUT2D eigenvalue weighted by atomic mass is 9.77. The van der Waals surface area contributed by atoms with E-state index in [-0.39, 0.29) is 29.0 Å². The van der Waals surface area contributed by atoms with Crippen molar-refractivity contribution in [3.8, 4) is 5.75 Å². The van der Waals surface area contributed by atoms with E-state index < -0.39 is 37.8 Å². The molecule has 1 aromatic heterocycles. The quantitative estimate of drug-likeness (QED) is 0.141. The van der Waals surface area contributed by atoms with Gasteiger partial charge in [-0.1, -0.05) is 12.1 Å². The number of alkyl halides is 3. The molecule has 5 rings (SSSR count). The second kappa shape index (κ2) is 15.7. The van der Waals surface area contributed by atoms with Crippen LogP contribution in [0.15, 0.2) is 36.5 Å². The molecule has 1 fully saturated rings. The first-order valence-electron chi connectivity index (χ1n) is 16.3. The predicted octanol–water partition coefficient (Wildman–Crippen LogP) is 8.21. The van der Waals surface area contributed by atoms with Crippen molar-refractivity contribution in [2.24, 2.45) is 5.92 Å². The Labute approximate surface area is 284 Å². The summed E-state index contributed by atoms with van der Waals surface area (Å²) in [6.07, 6.45) is -1.20. The number of benzene rings is 2. The van der Waals surface area contributed by atoms with Gasteiger partial charge < -0.3 is 34.4 Å². The van der Waals surface area contributed by atoms with Crippen LogP contribution in [0.4, 0.5) is 36.3 Å². The lowest BCUT2D eigenvalue weighted by Crippen LogP contribution is -2.21. The highest BCUT2D eigenvalue weighted by Crippen LogP contribution is 2.45. The summed E-state index contributed by atoms with van der Waals surface area (Å²) in [5.74, 6) is -1.64. The standard InChI is InChI=1S/C34H41F3N5O6P/c1-5-46-28-16-20(19-49(47-6-2)48-7-3)8-14-26(28)40-33-38-17-25(34(35,36)37)30(41-33)39-27-15-13-23(24-18-42(4)31(43)29(24)27)21-9-11-22(12-10-21)32(44)45/h8,13-17,21-22H,5-7,9-12,18-19H2,1-4H3,(H,44,45)(H2,38,39,40,41). The van der Waals surface area contributed by atoms with E-state index in [0.717, 1.165) is 16.7 Å². The Morgan fingerprint density at radius 2 is 1.71 bits per heavy atom. The number of aromatic nitrogens is 2. The van der Waals surface area contributed by atoms with Crippen LogP contribution < -0.4 is 15.4 Å². The molecule has 0 bridgehead atoms. The molecule has 3 N–H and O–H groups in total. The number of anilines is 4. The highest BCUT2D eigenvalue weighted by molar-refractivity contribution is 7.46. The minimum atomic E-state index is -4.79. The van der Waals surface area contributed by atoms with Crippen LogP contribution in [-0.2, 0) is 32.7 Å². The number of nitrogens with zero attached hydrogens (tertiary/aromatic N) is 3. The molecule has 1 amide bonds. The molecule has 2 aromatic carbocycles. The third kappa shape index (κ3) is 8.42. The zero-order chi connectivity index (χ0) is 35.3. The zero-order valence-corrected chi connectivity index (χ0v) is 28.8. The van der Waals surface area contributed by atoms with Gasteiger partial charge in [-0.05, 0) is 87.3 Å². The van der Waals surface area contributed by atoms with Crippen molar-refractivity contribution in [2.45, 2.75) is 71.3 Å². The highest BCUT2D eigenvalue weighted by Gasteiger charge is 2.38. The van der Waals surface area contributed by atoms with Crippen LogP contribution in [0.3, 0.4) is 0 Å². The van der Waals surface area contributed by atoms with Crippen molar-refractivity contribution in [2.75, 3.05) is 37.5 Å². The van der Waals surface area contributed by atoms with Gasteiger partial charge in [0.15, 0.2) is 8.38 Å². The van der Waals surface area contributed by atoms with Gasteiger partial charge in [0.2, 0.25) is 5.95 Å². The van der Waals surface area contributed by atoms with Gasteiger partial charge in [0.05, 0.1) is 42.7 Å². The molecule has 0 atom stereocenters. The summed E-state index contributed by atoms with van der Waals surface area (Å²) in [6.45, 7) is 7.29. The summed E-state index contributed by atoms with van der Waals surface area (Å²) >= 11 is 0. The number of hydrogen-bond acceptors (Lipinski definition) is 9. The van der Waals surface area contributed by atoms with Crippen LogP contribution in [0.1, 0.15) is 85.0 Å². The largest absolute Gasteiger partial charge is 0.492 e. The van der Waals surface area contributed by atoms with Gasteiger partial charge >= 0.3 is 12.1 Å². The molecule has 15 heteroatoms. The minimum absolute atomic E-state index is 0.0505. The molecule has 2 aliphatic rings. The fraction of sp³-hybridized carbons (Fsp3) is 0.471. The van der Waals surface area contributed by atoms with Gasteiger partial charge in [-0.25, -0.2) is 4.98 Å². The number of carbonyl (C=O) groups is 2. The van der Waals surface area contributed by atoms with Crippen molar-refractivity contribution in [1.82, 2.24) is 14.9 Å². The summed E-state index contributed by atoms with van der Waals surface area (Å²) in [5, 5.41) is 15.2. The molecule has 0 spiro atoms. The number of carboxylic acid groups (broad SMARTS) is 1. The molecule has 0 radical (unpaired) electrons. The number of carbonyl (C=O) groups excluding carboxylic acids is 1. The molecule has 1 aliphatic carbocycles. The summed E-state index contributed by atoms with van der Waals surface area (Å²) in [4.78, 5) is 34.5. The monoisotopic (exact) mass is 703 g/mol. The van der Waals surface area contributed by atoms with E-state index in [2.05, 4.69) is 20.6 Å². The molecule has 3 aromatic rings. The number of aliphatic carboxylic acids is 1. The maximum absolute atomic E-state index is 14.2. The Bertz CT molecular complexity index is 1660. The number of hydrogen-bond donors (Lipinski definition) is 3. The molecular formula is C34H41F3N5O6P. The molecule has 0 unspecified atom stereocenters. The topological polar surface area (TPSA) is 135 Å². The molecule has 1 aliphatic heterocycles. The molecule has 11 nitrogen and oxygen atoms in total. The Kier molecular flexibility index (Phi) is 11.6. The number of amides is 1. The van der Waals surface area contributed by atoms with E-state index in [0.29, 0.717) is 75.8 Å². The summed E-state index contributed by atoms with van der Waals surface area (Å²) in [5.41, 5.74) is 2.40. The Balaban J connectivity index is 1.45. The first kappa shape index (κ1) is 36.3. The van der Waals surface area contributed by atoms with Crippen LogP contribution in [0, 0.1) is 5.92 Å². The van der Waals surface area contributed by atoms with E-state index in [1.54, 1.807) is 19.2 Å². The molecule has 1 saturated carbocycles. The SMILES string of the molecule is CCOc1cc(CP(OCC)OCC)ccc1Nc1ncc(C(F)(F)F)c(Nc2ccc(C3CCC(C(=O)O)CC3)c3c2C(=O)N(C)C3)n1. The maximum Gasteiger partial charge on any atom is 0.421 e. The maximum atomic E-state index is 14.2. The number of carboxylic acids is 1. The molecule has 49 heavy (non-hydrogen) atoms. The normalized spacial score (nSPS) is 17.7. The summed E-state index contributed by atoms with van der Waals surface area (Å²) < 4.78 is 60.0. The van der Waals surface area contributed by atoms with Gasteiger partial charge in [0, 0.05) is 26.0 Å². The fourth-order valence-electron chi connectivity index (χ4n) is 6.32. The summed E-state index contributed by atoms with van der Waals surface area (Å²) in [7, 11) is 0.497. The van der Waals surface area contributed by atoms with Crippen LogP contribution in [0.25, 0.3) is 0 Å². The third-order valence-electron chi connectivity index (χ3n) is 8.62. The zero-order valence-electron chi connectivity index (χ0n) is 27.9. The summed E-state index contributed by atoms with van der Waals surface area (Å²) in [6, 6.07) is 8.84. The van der Waals surface area contributed by atoms with Gasteiger partial charge in [0.1, 0.15) is 17.1 Å². The Morgan fingerprint density at radius 3 is 2.35 bits per heavy atom. The number of rotatable bonds is 14. The lowest BCUT2D eigenvalue weighted by molar-refractivity contribution is -0.143. The van der Waals surface area contributed by atoms with Crippen molar-refractivity contribution in [3.63, 3.8) is 0 Å². The average Bonchev–Trinajstić information content (AvgIpc) is 3.36. The number of nitrogens with one attached hydrogen (secondary N) is 2. The second-order valence-electron chi connectivity index (χ2n) is 11.9. The van der Waals surface area contributed by atoms with E-state index in [1.807, 2.05) is 39.0 Å². The molecule has 2 heterocycles. The first-order chi connectivity index (χ1) is 23.4. The number of fused-ring (bicyclic) bond motifs is 1. The van der Waals surface area contributed by atoms with Gasteiger partial charge in [0.25, 0.3) is 5.91 Å². The predicted molar refractivity (Wildman–Crippen MR) is 180 cm³/mol. The third-order valence-corrected chi connectivity index (χ3v) is 10.3. The molecular weight excluding hydrogens is 662 g/mol. The van der Waals surface area contributed by atoms with Crippen LogP contribution in [-0.4, -0.2) is 58.7 Å². The van der Waals surface area contributed by atoms with E-state index in [9.17, 15) is 27.9 Å². The van der Waals surface area contributed by atoms with Crippen molar-refractivity contribution in [1.29, 1.82) is 0 Å². The Hall–Kier alpha value is -4.00. The molecule has 264 valence electrons. The van der Waals surface area contributed by atoms with Gasteiger partial charge in [-0.15, -0.1) is 0 Å². The van der Waals surface area contributed by atoms with E-state index in [1.165, 1.54) is 4.90 Å². The van der Waals surface area contributed by atoms with Gasteiger partial charge in [-0.3, -0.25) is 9.59 Å². The van der Waals surface area contributed by atoms with Crippen LogP contribution in [0.5, 0.6) is 5.75 Å².